The summed E-state index contributed by atoms with van der Waals surface area (Å²) >= 11 is 1.59. The van der Waals surface area contributed by atoms with Crippen molar-refractivity contribution in [2.24, 2.45) is 10.9 Å². The summed E-state index contributed by atoms with van der Waals surface area (Å²) in [6.07, 6.45) is 4.03. The number of aliphatic imine (C=N–C) groups is 1. The number of carbonyl (C=O) groups is 1. The van der Waals surface area contributed by atoms with Crippen LogP contribution in [-0.4, -0.2) is 60.8 Å². The number of carboxylic acids is 1. The van der Waals surface area contributed by atoms with Crippen molar-refractivity contribution in [2.45, 2.75) is 64.8 Å². The topological polar surface area (TPSA) is 93.5 Å². The van der Waals surface area contributed by atoms with Gasteiger partial charge in [-0.1, -0.05) is 11.3 Å². The lowest BCUT2D eigenvalue weighted by Gasteiger charge is -2.37. The predicted octanol–water partition coefficient (Wildman–Crippen LogP) is 6.09. The minimum atomic E-state index is -1.15. The van der Waals surface area contributed by atoms with Crippen LogP contribution in [0, 0.1) is 12.8 Å². The van der Waals surface area contributed by atoms with Crippen molar-refractivity contribution in [3.63, 3.8) is 0 Å². The molecule has 39 heavy (non-hydrogen) atoms. The second-order valence-corrected chi connectivity index (χ2v) is 12.7. The Kier molecular flexibility index (Phi) is 6.64. The zero-order valence-corrected chi connectivity index (χ0v) is 23.9. The second-order valence-electron chi connectivity index (χ2n) is 11.7. The molecule has 8 nitrogen and oxygen atoms in total. The van der Waals surface area contributed by atoms with Gasteiger partial charge >= 0.3 is 5.97 Å². The van der Waals surface area contributed by atoms with Gasteiger partial charge < -0.3 is 24.2 Å². The first kappa shape index (κ1) is 26.2. The smallest absolute Gasteiger partial charge is 0.337 e. The van der Waals surface area contributed by atoms with E-state index in [0.717, 1.165) is 81.4 Å². The van der Waals surface area contributed by atoms with Gasteiger partial charge in [0, 0.05) is 48.7 Å². The Morgan fingerprint density at radius 1 is 1.28 bits per heavy atom. The Morgan fingerprint density at radius 2 is 2.08 bits per heavy atom. The summed E-state index contributed by atoms with van der Waals surface area (Å²) < 4.78 is 18.8. The van der Waals surface area contributed by atoms with E-state index in [1.807, 2.05) is 45.9 Å². The average molecular weight is 550 g/mol. The van der Waals surface area contributed by atoms with Crippen molar-refractivity contribution in [3.8, 4) is 16.9 Å². The quantitative estimate of drug-likeness (QED) is 0.397. The largest absolute Gasteiger partial charge is 0.493 e. The van der Waals surface area contributed by atoms with Crippen LogP contribution in [0.2, 0.25) is 0 Å². The summed E-state index contributed by atoms with van der Waals surface area (Å²) in [5, 5.41) is 11.3. The Hall–Kier alpha value is -3.01. The van der Waals surface area contributed by atoms with Gasteiger partial charge in [0.2, 0.25) is 0 Å². The van der Waals surface area contributed by atoms with Gasteiger partial charge in [0.1, 0.15) is 5.75 Å². The molecule has 0 radical (unpaired) electrons. The van der Waals surface area contributed by atoms with E-state index in [2.05, 4.69) is 11.1 Å². The lowest BCUT2D eigenvalue weighted by Crippen LogP contribution is -2.51. The van der Waals surface area contributed by atoms with Gasteiger partial charge in [-0.25, -0.2) is 9.78 Å². The molecule has 1 N–H and O–H groups in total. The SMILES string of the molecule is COC1CN(c2nc3cc(C)c([C@H](OC(C)(C)C)C(=O)O)c(-c4ccc5c6c4N=CC(CCCO5)C6)c3s2)C1. The highest BCUT2D eigenvalue weighted by atomic mass is 32.1. The van der Waals surface area contributed by atoms with Gasteiger partial charge in [0.25, 0.3) is 0 Å². The Labute approximate surface area is 232 Å². The number of nitrogens with zero attached hydrogens (tertiary/aromatic N) is 3. The lowest BCUT2D eigenvalue weighted by molar-refractivity contribution is -0.160. The maximum absolute atomic E-state index is 12.8. The Balaban J connectivity index is 1.60. The molecule has 206 valence electrons. The van der Waals surface area contributed by atoms with Crippen molar-refractivity contribution in [3.05, 3.63) is 34.9 Å². The zero-order chi connectivity index (χ0) is 27.5. The molecule has 3 aliphatic rings. The van der Waals surface area contributed by atoms with E-state index in [0.29, 0.717) is 18.1 Å². The van der Waals surface area contributed by atoms with Gasteiger partial charge in [-0.3, -0.25) is 4.99 Å². The minimum absolute atomic E-state index is 0.200. The number of ether oxygens (including phenoxy) is 3. The van der Waals surface area contributed by atoms with Crippen LogP contribution in [0.1, 0.15) is 56.4 Å². The maximum Gasteiger partial charge on any atom is 0.337 e. The first-order chi connectivity index (χ1) is 18.6. The summed E-state index contributed by atoms with van der Waals surface area (Å²) in [5.74, 6) is 0.243. The molecule has 1 unspecified atom stereocenters. The van der Waals surface area contributed by atoms with E-state index in [1.165, 1.54) is 0 Å². The third-order valence-corrected chi connectivity index (χ3v) is 8.84. The third-order valence-electron chi connectivity index (χ3n) is 7.69. The Morgan fingerprint density at radius 3 is 2.79 bits per heavy atom. The number of aryl methyl sites for hydroxylation is 1. The molecule has 6 rings (SSSR count). The van der Waals surface area contributed by atoms with Crippen LogP contribution in [0.25, 0.3) is 21.3 Å². The molecule has 1 saturated heterocycles. The normalized spacial score (nSPS) is 19.8. The fourth-order valence-corrected chi connectivity index (χ4v) is 6.90. The predicted molar refractivity (Wildman–Crippen MR) is 154 cm³/mol. The number of aliphatic carboxylic acids is 1. The summed E-state index contributed by atoms with van der Waals surface area (Å²) in [7, 11) is 1.73. The molecule has 9 heteroatoms. The summed E-state index contributed by atoms with van der Waals surface area (Å²) in [4.78, 5) is 24.9. The number of benzene rings is 2. The molecule has 3 aliphatic heterocycles. The van der Waals surface area contributed by atoms with E-state index < -0.39 is 17.7 Å². The van der Waals surface area contributed by atoms with Crippen molar-refractivity contribution in [1.29, 1.82) is 0 Å². The van der Waals surface area contributed by atoms with Crippen LogP contribution >= 0.6 is 11.3 Å². The van der Waals surface area contributed by atoms with Gasteiger partial charge in [-0.2, -0.15) is 0 Å². The molecule has 3 aromatic rings. The van der Waals surface area contributed by atoms with Crippen LogP contribution in [0.15, 0.2) is 23.2 Å². The molecule has 1 aromatic heterocycles. The average Bonchev–Trinajstić information content (AvgIpc) is 3.24. The second kappa shape index (κ2) is 9.87. The van der Waals surface area contributed by atoms with Crippen LogP contribution in [0.4, 0.5) is 10.8 Å². The molecule has 2 bridgehead atoms. The minimum Gasteiger partial charge on any atom is -0.493 e. The standard InChI is InChI=1S/C30H35N3O5S/c1-16-11-21-27(39-29(32-21)33-14-18(15-33)36-5)24(23(16)26(28(34)35)38-30(2,3)4)19-8-9-22-20-12-17(7-6-10-37-22)13-31-25(19)20/h8-9,11,13,17-18,26H,6-7,10,12,14-15H2,1-5H3,(H,34,35)/t17?,26-/m0/s1. The van der Waals surface area contributed by atoms with Gasteiger partial charge in [0.15, 0.2) is 11.2 Å². The van der Waals surface area contributed by atoms with Crippen molar-refractivity contribution < 1.29 is 24.1 Å². The molecule has 0 aliphatic carbocycles. The van der Waals surface area contributed by atoms with Gasteiger partial charge in [-0.05, 0) is 76.6 Å². The molecule has 0 amide bonds. The molecule has 0 saturated carbocycles. The first-order valence-corrected chi connectivity index (χ1v) is 14.4. The number of fused-ring (bicyclic) bond motifs is 2. The number of carboxylic acid groups (broad SMARTS) is 1. The number of thiazole rings is 1. The molecule has 4 heterocycles. The molecular weight excluding hydrogens is 514 g/mol. The highest BCUT2D eigenvalue weighted by Gasteiger charge is 2.35. The summed E-state index contributed by atoms with van der Waals surface area (Å²) in [6.45, 7) is 9.86. The van der Waals surface area contributed by atoms with Crippen molar-refractivity contribution in [2.75, 3.05) is 31.7 Å². The molecule has 2 atom stereocenters. The fourth-order valence-electron chi connectivity index (χ4n) is 5.77. The van der Waals surface area contributed by atoms with Crippen molar-refractivity contribution in [1.82, 2.24) is 4.98 Å². The van der Waals surface area contributed by atoms with E-state index in [4.69, 9.17) is 24.2 Å². The zero-order valence-electron chi connectivity index (χ0n) is 23.1. The number of anilines is 1. The highest BCUT2D eigenvalue weighted by Crippen LogP contribution is 2.50. The molecule has 1 fully saturated rings. The fraction of sp³-hybridized carbons (Fsp3) is 0.500. The highest BCUT2D eigenvalue weighted by molar-refractivity contribution is 7.22. The Bertz CT molecular complexity index is 1470. The summed E-state index contributed by atoms with van der Waals surface area (Å²) in [5.41, 5.74) is 5.36. The number of methoxy groups -OCH3 is 1. The van der Waals surface area contributed by atoms with Crippen LogP contribution < -0.4 is 9.64 Å². The van der Waals surface area contributed by atoms with Crippen LogP contribution in [-0.2, 0) is 20.7 Å². The van der Waals surface area contributed by atoms with E-state index in [9.17, 15) is 9.90 Å². The number of hydrogen-bond donors (Lipinski definition) is 1. The van der Waals surface area contributed by atoms with Gasteiger partial charge in [0.05, 0.1) is 34.2 Å². The van der Waals surface area contributed by atoms with E-state index in [-0.39, 0.29) is 6.10 Å². The lowest BCUT2D eigenvalue weighted by atomic mass is 9.85. The number of aromatic nitrogens is 1. The maximum atomic E-state index is 12.8. The number of rotatable bonds is 6. The summed E-state index contributed by atoms with van der Waals surface area (Å²) in [6, 6.07) is 6.05. The van der Waals surface area contributed by atoms with Crippen LogP contribution in [0.3, 0.4) is 0 Å². The van der Waals surface area contributed by atoms with E-state index in [1.54, 1.807) is 18.4 Å². The molecule has 0 spiro atoms. The third kappa shape index (κ3) is 4.81. The molecule has 2 aromatic carbocycles. The van der Waals surface area contributed by atoms with E-state index >= 15 is 0 Å². The first-order valence-electron chi connectivity index (χ1n) is 13.6. The van der Waals surface area contributed by atoms with Crippen molar-refractivity contribution >= 4 is 44.6 Å². The monoisotopic (exact) mass is 549 g/mol. The molecular formula is C30H35N3O5S. The van der Waals surface area contributed by atoms with Crippen LogP contribution in [0.5, 0.6) is 5.75 Å². The number of hydrogen-bond acceptors (Lipinski definition) is 8. The van der Waals surface area contributed by atoms with Gasteiger partial charge in [-0.15, -0.1) is 0 Å².